The Bertz CT molecular complexity index is 547. The smallest absolute Gasteiger partial charge is 0.303 e. The molecule has 0 fully saturated rings. The van der Waals surface area contributed by atoms with Crippen molar-refractivity contribution in [1.82, 2.24) is 4.90 Å². The number of imide groups is 1. The number of nitrogens with zero attached hydrogens (tertiary/aromatic N) is 1. The van der Waals surface area contributed by atoms with E-state index in [1.165, 1.54) is 4.90 Å². The Morgan fingerprint density at radius 2 is 1.30 bits per heavy atom. The van der Waals surface area contributed by atoms with E-state index in [1.807, 2.05) is 0 Å². The van der Waals surface area contributed by atoms with Crippen molar-refractivity contribution in [2.75, 3.05) is 6.54 Å². The monoisotopic (exact) mass is 317 g/mol. The molecule has 0 saturated heterocycles. The second kappa shape index (κ2) is 8.46. The molecule has 0 radical (unpaired) electrons. The normalized spacial score (nSPS) is 13.5. The fourth-order valence-corrected chi connectivity index (χ4v) is 2.87. The molecule has 1 aliphatic heterocycles. The van der Waals surface area contributed by atoms with Crippen LogP contribution in [-0.4, -0.2) is 34.3 Å². The van der Waals surface area contributed by atoms with Crippen molar-refractivity contribution >= 4 is 17.8 Å². The number of unbranched alkanes of at least 4 members (excludes halogenated alkanes) is 6. The van der Waals surface area contributed by atoms with E-state index in [0.717, 1.165) is 44.9 Å². The predicted octanol–water partition coefficient (Wildman–Crippen LogP) is 3.49. The standard InChI is InChI=1S/C18H23NO4/c20-16(21)12-6-4-2-1-3-5-9-13-19-17(22)14-10-7-8-11-15(14)18(19)23/h7-8,10-11H,1-6,9,12-13H2,(H,20,21). The van der Waals surface area contributed by atoms with Gasteiger partial charge >= 0.3 is 5.97 Å². The summed E-state index contributed by atoms with van der Waals surface area (Å²) in [7, 11) is 0. The van der Waals surface area contributed by atoms with E-state index in [-0.39, 0.29) is 18.2 Å². The molecule has 1 N–H and O–H groups in total. The van der Waals surface area contributed by atoms with Crippen molar-refractivity contribution in [1.29, 1.82) is 0 Å². The maximum Gasteiger partial charge on any atom is 0.303 e. The third kappa shape index (κ3) is 4.65. The zero-order valence-electron chi connectivity index (χ0n) is 13.3. The summed E-state index contributed by atoms with van der Waals surface area (Å²) in [6.45, 7) is 0.478. The van der Waals surface area contributed by atoms with Crippen LogP contribution < -0.4 is 0 Å². The minimum atomic E-state index is -0.731. The number of benzene rings is 1. The molecule has 0 bridgehead atoms. The summed E-state index contributed by atoms with van der Waals surface area (Å²) >= 11 is 0. The van der Waals surface area contributed by atoms with Crippen molar-refractivity contribution < 1.29 is 19.5 Å². The summed E-state index contributed by atoms with van der Waals surface area (Å²) in [5.74, 6) is -1.09. The van der Waals surface area contributed by atoms with Crippen molar-refractivity contribution in [2.24, 2.45) is 0 Å². The quantitative estimate of drug-likeness (QED) is 0.529. The molecule has 1 aliphatic rings. The lowest BCUT2D eigenvalue weighted by Gasteiger charge is -2.13. The van der Waals surface area contributed by atoms with Gasteiger partial charge in [-0.25, -0.2) is 0 Å². The number of carbonyl (C=O) groups excluding carboxylic acids is 2. The Hall–Kier alpha value is -2.17. The van der Waals surface area contributed by atoms with Crippen LogP contribution in [0.5, 0.6) is 0 Å². The van der Waals surface area contributed by atoms with Crippen molar-refractivity contribution in [2.45, 2.75) is 51.4 Å². The summed E-state index contributed by atoms with van der Waals surface area (Å²) in [6.07, 6.45) is 6.90. The van der Waals surface area contributed by atoms with Crippen LogP contribution in [0.4, 0.5) is 0 Å². The molecule has 23 heavy (non-hydrogen) atoms. The molecule has 1 aromatic rings. The van der Waals surface area contributed by atoms with Crippen molar-refractivity contribution in [3.63, 3.8) is 0 Å². The lowest BCUT2D eigenvalue weighted by Crippen LogP contribution is -2.30. The number of carboxylic acids is 1. The van der Waals surface area contributed by atoms with Gasteiger partial charge in [-0.3, -0.25) is 19.3 Å². The zero-order valence-corrected chi connectivity index (χ0v) is 13.3. The second-order valence-corrected chi connectivity index (χ2v) is 5.93. The number of carboxylic acid groups (broad SMARTS) is 1. The fourth-order valence-electron chi connectivity index (χ4n) is 2.87. The first-order chi connectivity index (χ1) is 11.1. The Labute approximate surface area is 136 Å². The van der Waals surface area contributed by atoms with E-state index in [0.29, 0.717) is 17.7 Å². The summed E-state index contributed by atoms with van der Waals surface area (Å²) in [5.41, 5.74) is 1.02. The molecule has 2 amide bonds. The summed E-state index contributed by atoms with van der Waals surface area (Å²) in [6, 6.07) is 6.95. The second-order valence-electron chi connectivity index (χ2n) is 5.93. The van der Waals surface area contributed by atoms with Crippen LogP contribution in [0, 0.1) is 0 Å². The molecule has 0 aliphatic carbocycles. The van der Waals surface area contributed by atoms with E-state index in [2.05, 4.69) is 0 Å². The number of hydrogen-bond donors (Lipinski definition) is 1. The third-order valence-electron chi connectivity index (χ3n) is 4.15. The van der Waals surface area contributed by atoms with Gasteiger partial charge in [0.15, 0.2) is 0 Å². The first-order valence-electron chi connectivity index (χ1n) is 8.28. The van der Waals surface area contributed by atoms with Gasteiger partial charge < -0.3 is 5.11 Å². The molecular weight excluding hydrogens is 294 g/mol. The van der Waals surface area contributed by atoms with E-state index in [4.69, 9.17) is 5.11 Å². The first-order valence-corrected chi connectivity index (χ1v) is 8.28. The Morgan fingerprint density at radius 3 is 1.83 bits per heavy atom. The topological polar surface area (TPSA) is 74.7 Å². The predicted molar refractivity (Wildman–Crippen MR) is 86.4 cm³/mol. The average Bonchev–Trinajstić information content (AvgIpc) is 2.78. The van der Waals surface area contributed by atoms with Gasteiger partial charge in [-0.15, -0.1) is 0 Å². The molecule has 0 atom stereocenters. The Balaban J connectivity index is 1.60. The number of aliphatic carboxylic acids is 1. The van der Waals surface area contributed by atoms with Gasteiger partial charge in [0.25, 0.3) is 11.8 Å². The molecule has 5 heteroatoms. The van der Waals surface area contributed by atoms with Crippen molar-refractivity contribution in [3.8, 4) is 0 Å². The van der Waals surface area contributed by atoms with E-state index in [1.54, 1.807) is 24.3 Å². The summed E-state index contributed by atoms with van der Waals surface area (Å²) in [5, 5.41) is 8.54. The highest BCUT2D eigenvalue weighted by atomic mass is 16.4. The molecule has 124 valence electrons. The Morgan fingerprint density at radius 1 is 0.826 bits per heavy atom. The molecular formula is C18H23NO4. The van der Waals surface area contributed by atoms with Gasteiger partial charge in [0.1, 0.15) is 0 Å². The highest BCUT2D eigenvalue weighted by Crippen LogP contribution is 2.22. The first kappa shape index (κ1) is 17.2. The lowest BCUT2D eigenvalue weighted by molar-refractivity contribution is -0.137. The van der Waals surface area contributed by atoms with Crippen LogP contribution in [0.15, 0.2) is 24.3 Å². The maximum absolute atomic E-state index is 12.2. The number of rotatable bonds is 10. The molecule has 0 unspecified atom stereocenters. The molecule has 1 heterocycles. The van der Waals surface area contributed by atoms with Crippen LogP contribution >= 0.6 is 0 Å². The van der Waals surface area contributed by atoms with E-state index in [9.17, 15) is 14.4 Å². The average molecular weight is 317 g/mol. The molecule has 0 spiro atoms. The fraction of sp³-hybridized carbons (Fsp3) is 0.500. The van der Waals surface area contributed by atoms with Crippen molar-refractivity contribution in [3.05, 3.63) is 35.4 Å². The van der Waals surface area contributed by atoms with Gasteiger partial charge in [-0.05, 0) is 25.0 Å². The SMILES string of the molecule is O=C(O)CCCCCCCCCN1C(=O)c2ccccc2C1=O. The molecule has 0 aromatic heterocycles. The largest absolute Gasteiger partial charge is 0.481 e. The lowest BCUT2D eigenvalue weighted by atomic mass is 10.1. The van der Waals surface area contributed by atoms with E-state index >= 15 is 0 Å². The minimum absolute atomic E-state index is 0.181. The van der Waals surface area contributed by atoms with Crippen LogP contribution in [0.3, 0.4) is 0 Å². The number of carbonyl (C=O) groups is 3. The van der Waals surface area contributed by atoms with Gasteiger partial charge in [0.2, 0.25) is 0 Å². The Kier molecular flexibility index (Phi) is 6.32. The molecule has 0 saturated carbocycles. The summed E-state index contributed by atoms with van der Waals surface area (Å²) in [4.78, 5) is 36.0. The molecule has 2 rings (SSSR count). The maximum atomic E-state index is 12.2. The highest BCUT2D eigenvalue weighted by Gasteiger charge is 2.34. The zero-order chi connectivity index (χ0) is 16.7. The van der Waals surface area contributed by atoms with Crippen LogP contribution in [0.2, 0.25) is 0 Å². The van der Waals surface area contributed by atoms with Crippen LogP contribution in [-0.2, 0) is 4.79 Å². The van der Waals surface area contributed by atoms with E-state index < -0.39 is 5.97 Å². The number of fused-ring (bicyclic) bond motifs is 1. The minimum Gasteiger partial charge on any atom is -0.481 e. The highest BCUT2D eigenvalue weighted by molar-refractivity contribution is 6.21. The number of amides is 2. The van der Waals surface area contributed by atoms with Gasteiger partial charge in [-0.2, -0.15) is 0 Å². The third-order valence-corrected chi connectivity index (χ3v) is 4.15. The van der Waals surface area contributed by atoms with Crippen LogP contribution in [0.1, 0.15) is 72.1 Å². The molecule has 5 nitrogen and oxygen atoms in total. The summed E-state index contributed by atoms with van der Waals surface area (Å²) < 4.78 is 0. The van der Waals surface area contributed by atoms with Gasteiger partial charge in [0, 0.05) is 13.0 Å². The van der Waals surface area contributed by atoms with Gasteiger partial charge in [-0.1, -0.05) is 44.2 Å². The van der Waals surface area contributed by atoms with Crippen LogP contribution in [0.25, 0.3) is 0 Å². The molecule has 1 aromatic carbocycles. The van der Waals surface area contributed by atoms with Gasteiger partial charge in [0.05, 0.1) is 11.1 Å². The number of hydrogen-bond acceptors (Lipinski definition) is 3.